The first-order chi connectivity index (χ1) is 12.7. The van der Waals surface area contributed by atoms with Crippen LogP contribution in [0.2, 0.25) is 0 Å². The number of fused-ring (bicyclic) bond motifs is 1. The van der Waals surface area contributed by atoms with E-state index in [9.17, 15) is 9.59 Å². The maximum atomic E-state index is 12.4. The first-order valence-corrected chi connectivity index (χ1v) is 8.71. The zero-order valence-electron chi connectivity index (χ0n) is 13.5. The van der Waals surface area contributed by atoms with Gasteiger partial charge in [0.2, 0.25) is 4.74 Å². The quantitative estimate of drug-likeness (QED) is 0.602. The van der Waals surface area contributed by atoms with Gasteiger partial charge in [0.15, 0.2) is 5.82 Å². The monoisotopic (exact) mass is 363 g/mol. The Morgan fingerprint density at radius 3 is 2.69 bits per heavy atom. The van der Waals surface area contributed by atoms with Gasteiger partial charge in [0.05, 0.1) is 11.4 Å². The van der Waals surface area contributed by atoms with Crippen molar-refractivity contribution >= 4 is 28.0 Å². The average molecular weight is 363 g/mol. The predicted molar refractivity (Wildman–Crippen MR) is 99.0 cm³/mol. The van der Waals surface area contributed by atoms with Gasteiger partial charge >= 0.3 is 0 Å². The Bertz CT molecular complexity index is 1140. The lowest BCUT2D eigenvalue weighted by atomic mass is 10.2. The van der Waals surface area contributed by atoms with Crippen molar-refractivity contribution in [1.82, 2.24) is 15.5 Å². The minimum atomic E-state index is -0.344. The van der Waals surface area contributed by atoms with E-state index in [1.54, 1.807) is 18.2 Å². The molecule has 0 fully saturated rings. The number of amides is 1. The summed E-state index contributed by atoms with van der Waals surface area (Å²) in [7, 11) is 0. The second-order valence-corrected chi connectivity index (χ2v) is 6.56. The van der Waals surface area contributed by atoms with E-state index in [0.29, 0.717) is 22.0 Å². The zero-order chi connectivity index (χ0) is 17.9. The molecule has 4 aromatic rings. The van der Waals surface area contributed by atoms with Gasteiger partial charge in [-0.15, -0.1) is 0 Å². The summed E-state index contributed by atoms with van der Waals surface area (Å²) < 4.78 is 5.07. The second-order valence-electron chi connectivity index (χ2n) is 5.55. The number of hydrogen-bond acceptors (Lipinski definition) is 6. The highest BCUT2D eigenvalue weighted by molar-refractivity contribution is 7.12. The second kappa shape index (κ2) is 6.89. The molecule has 2 aromatic carbocycles. The molecule has 128 valence electrons. The van der Waals surface area contributed by atoms with Crippen LogP contribution >= 0.6 is 11.3 Å². The van der Waals surface area contributed by atoms with E-state index in [2.05, 4.69) is 15.5 Å². The van der Waals surface area contributed by atoms with Gasteiger partial charge in [0.1, 0.15) is 0 Å². The summed E-state index contributed by atoms with van der Waals surface area (Å²) in [6.07, 6.45) is 0. The van der Waals surface area contributed by atoms with E-state index in [1.807, 2.05) is 42.5 Å². The summed E-state index contributed by atoms with van der Waals surface area (Å²) in [5.41, 5.74) is 0.810. The van der Waals surface area contributed by atoms with Crippen molar-refractivity contribution in [2.75, 3.05) is 0 Å². The molecule has 2 aromatic heterocycles. The highest BCUT2D eigenvalue weighted by atomic mass is 32.1. The molecule has 7 heteroatoms. The molecule has 1 amide bonds. The molecule has 0 aliphatic heterocycles. The third-order valence-electron chi connectivity index (χ3n) is 3.79. The van der Waals surface area contributed by atoms with Crippen molar-refractivity contribution in [3.63, 3.8) is 0 Å². The minimum Gasteiger partial charge on any atom is -0.344 e. The van der Waals surface area contributed by atoms with Gasteiger partial charge in [-0.1, -0.05) is 52.9 Å². The lowest BCUT2D eigenvalue weighted by Crippen LogP contribution is -2.23. The lowest BCUT2D eigenvalue weighted by Gasteiger charge is -2.03. The molecule has 0 spiro atoms. The third-order valence-corrected chi connectivity index (χ3v) is 4.72. The molecule has 26 heavy (non-hydrogen) atoms. The number of hydrogen-bond donors (Lipinski definition) is 1. The number of nitrogens with one attached hydrogen (secondary N) is 1. The number of rotatable bonds is 4. The summed E-state index contributed by atoms with van der Waals surface area (Å²) >= 11 is 0.920. The Labute approximate surface area is 152 Å². The van der Waals surface area contributed by atoms with Gasteiger partial charge in [0.25, 0.3) is 11.8 Å². The van der Waals surface area contributed by atoms with Crippen molar-refractivity contribution in [2.45, 2.75) is 6.54 Å². The Morgan fingerprint density at radius 2 is 1.85 bits per heavy atom. The van der Waals surface area contributed by atoms with Gasteiger partial charge in [-0.05, 0) is 29.7 Å². The Hall–Kier alpha value is -3.32. The molecule has 0 saturated carbocycles. The average Bonchev–Trinajstić information content (AvgIpc) is 3.16. The number of nitrogens with zero attached hydrogens (tertiary/aromatic N) is 2. The molecule has 4 rings (SSSR count). The number of carbonyl (C=O) groups is 1. The number of carbonyl (C=O) groups excluding carboxylic acids is 1. The minimum absolute atomic E-state index is 0.114. The SMILES string of the molecule is O=C(NCc1noc(-c2ccccc2)n1)c1cc2ccccc2c(=O)s1. The molecule has 0 aliphatic carbocycles. The van der Waals surface area contributed by atoms with Crippen LogP contribution in [0.25, 0.3) is 22.2 Å². The van der Waals surface area contributed by atoms with Crippen LogP contribution in [0, 0.1) is 0 Å². The Balaban J connectivity index is 1.49. The fourth-order valence-electron chi connectivity index (χ4n) is 2.52. The summed E-state index contributed by atoms with van der Waals surface area (Å²) in [6.45, 7) is 0.114. The summed E-state index contributed by atoms with van der Waals surface area (Å²) in [5, 5.41) is 7.94. The van der Waals surface area contributed by atoms with Crippen LogP contribution in [0.1, 0.15) is 15.5 Å². The van der Waals surface area contributed by atoms with E-state index in [1.165, 1.54) is 0 Å². The highest BCUT2D eigenvalue weighted by Crippen LogP contribution is 2.17. The standard InChI is InChI=1S/C19H13N3O3S/c23-17(15-10-13-8-4-5-9-14(13)19(24)26-15)20-11-16-21-18(25-22-16)12-6-2-1-3-7-12/h1-10H,11H2,(H,20,23). The maximum absolute atomic E-state index is 12.4. The summed E-state index contributed by atoms with van der Waals surface area (Å²) in [6, 6.07) is 18.3. The smallest absolute Gasteiger partial charge is 0.261 e. The third kappa shape index (κ3) is 3.25. The predicted octanol–water partition coefficient (Wildman–Crippen LogP) is 3.24. The maximum Gasteiger partial charge on any atom is 0.261 e. The van der Waals surface area contributed by atoms with Gasteiger partial charge in [-0.2, -0.15) is 4.98 Å². The lowest BCUT2D eigenvalue weighted by molar-refractivity contribution is 0.0953. The van der Waals surface area contributed by atoms with E-state index in [-0.39, 0.29) is 17.2 Å². The van der Waals surface area contributed by atoms with Crippen LogP contribution in [-0.2, 0) is 6.54 Å². The normalized spacial score (nSPS) is 10.8. The molecule has 0 saturated heterocycles. The van der Waals surface area contributed by atoms with Crippen molar-refractivity contribution in [1.29, 1.82) is 0 Å². The first kappa shape index (κ1) is 16.2. The Kier molecular flexibility index (Phi) is 4.28. The molecular formula is C19H13N3O3S. The molecule has 2 heterocycles. The first-order valence-electron chi connectivity index (χ1n) is 7.90. The fourth-order valence-corrected chi connectivity index (χ4v) is 3.36. The van der Waals surface area contributed by atoms with Crippen molar-refractivity contribution in [3.8, 4) is 11.5 Å². The molecular weight excluding hydrogens is 350 g/mol. The van der Waals surface area contributed by atoms with E-state index >= 15 is 0 Å². The van der Waals surface area contributed by atoms with Crippen molar-refractivity contribution in [2.24, 2.45) is 0 Å². The van der Waals surface area contributed by atoms with E-state index in [0.717, 1.165) is 22.3 Å². The molecule has 0 bridgehead atoms. The van der Waals surface area contributed by atoms with Crippen LogP contribution in [0.15, 0.2) is 70.0 Å². The molecule has 0 radical (unpaired) electrons. The van der Waals surface area contributed by atoms with Crippen LogP contribution in [0.5, 0.6) is 0 Å². The molecule has 0 aliphatic rings. The van der Waals surface area contributed by atoms with Gasteiger partial charge in [-0.3, -0.25) is 9.59 Å². The fraction of sp³-hybridized carbons (Fsp3) is 0.0526. The van der Waals surface area contributed by atoms with Crippen LogP contribution < -0.4 is 10.1 Å². The van der Waals surface area contributed by atoms with Crippen LogP contribution in [0.3, 0.4) is 0 Å². The van der Waals surface area contributed by atoms with Crippen LogP contribution in [0.4, 0.5) is 0 Å². The van der Waals surface area contributed by atoms with Crippen molar-refractivity contribution in [3.05, 3.63) is 80.9 Å². The zero-order valence-corrected chi connectivity index (χ0v) is 14.3. The number of aromatic nitrogens is 2. The molecule has 0 unspecified atom stereocenters. The van der Waals surface area contributed by atoms with Gasteiger partial charge in [0, 0.05) is 10.9 Å². The molecule has 1 N–H and O–H groups in total. The Morgan fingerprint density at radius 1 is 1.08 bits per heavy atom. The van der Waals surface area contributed by atoms with E-state index in [4.69, 9.17) is 4.52 Å². The summed E-state index contributed by atoms with van der Waals surface area (Å²) in [5.74, 6) is 0.416. The highest BCUT2D eigenvalue weighted by Gasteiger charge is 2.13. The summed E-state index contributed by atoms with van der Waals surface area (Å²) in [4.78, 5) is 29.1. The van der Waals surface area contributed by atoms with E-state index < -0.39 is 0 Å². The van der Waals surface area contributed by atoms with Crippen LogP contribution in [-0.4, -0.2) is 16.0 Å². The molecule has 6 nitrogen and oxygen atoms in total. The van der Waals surface area contributed by atoms with Gasteiger partial charge < -0.3 is 9.84 Å². The molecule has 0 atom stereocenters. The number of benzene rings is 2. The largest absolute Gasteiger partial charge is 0.344 e. The van der Waals surface area contributed by atoms with Crippen molar-refractivity contribution < 1.29 is 9.32 Å². The topological polar surface area (TPSA) is 85.1 Å². The van der Waals surface area contributed by atoms with Gasteiger partial charge in [-0.25, -0.2) is 0 Å².